The highest BCUT2D eigenvalue weighted by Gasteiger charge is 2.38. The molecule has 1 aliphatic heterocycles. The summed E-state index contributed by atoms with van der Waals surface area (Å²) in [5, 5.41) is 7.87. The van der Waals surface area contributed by atoms with E-state index in [2.05, 4.69) is 20.3 Å². The van der Waals surface area contributed by atoms with E-state index in [-0.39, 0.29) is 35.2 Å². The molecule has 0 radical (unpaired) electrons. The van der Waals surface area contributed by atoms with Crippen molar-refractivity contribution in [3.05, 3.63) is 124 Å². The molecular weight excluding hydrogens is 587 g/mol. The Hall–Kier alpha value is -5.29. The van der Waals surface area contributed by atoms with Gasteiger partial charge in [0, 0.05) is 30.9 Å². The maximum Gasteiger partial charge on any atom is 0.337 e. The third kappa shape index (κ3) is 5.45. The Morgan fingerprint density at radius 3 is 2.52 bits per heavy atom. The first-order valence-electron chi connectivity index (χ1n) is 13.6. The summed E-state index contributed by atoms with van der Waals surface area (Å²) in [6.07, 6.45) is 6.62. The van der Waals surface area contributed by atoms with Crippen LogP contribution in [0.5, 0.6) is 0 Å². The van der Waals surface area contributed by atoms with E-state index in [1.807, 2.05) is 18.2 Å². The van der Waals surface area contributed by atoms with Crippen molar-refractivity contribution in [2.24, 2.45) is 0 Å². The summed E-state index contributed by atoms with van der Waals surface area (Å²) in [7, 11) is 1.30. The van der Waals surface area contributed by atoms with E-state index in [0.29, 0.717) is 23.1 Å². The fourth-order valence-corrected chi connectivity index (χ4v) is 5.58. The highest BCUT2D eigenvalue weighted by Crippen LogP contribution is 2.37. The fraction of sp³-hybridized carbons (Fsp3) is 0.156. The number of rotatable bonds is 7. The minimum absolute atomic E-state index is 0.00552. The molecule has 0 unspecified atom stereocenters. The molecule has 5 aromatic rings. The predicted molar refractivity (Wildman–Crippen MR) is 158 cm³/mol. The molecule has 12 heteroatoms. The molecule has 44 heavy (non-hydrogen) atoms. The summed E-state index contributed by atoms with van der Waals surface area (Å²) in [4.78, 5) is 49.7. The van der Waals surface area contributed by atoms with Gasteiger partial charge in [0.25, 0.3) is 5.91 Å². The molecule has 10 nitrogen and oxygen atoms in total. The zero-order chi connectivity index (χ0) is 30.8. The van der Waals surface area contributed by atoms with Crippen molar-refractivity contribution in [3.63, 3.8) is 0 Å². The third-order valence-corrected chi connectivity index (χ3v) is 7.79. The van der Waals surface area contributed by atoms with Crippen molar-refractivity contribution in [1.82, 2.24) is 29.9 Å². The summed E-state index contributed by atoms with van der Waals surface area (Å²) < 4.78 is 20.6. The lowest BCUT2D eigenvalue weighted by molar-refractivity contribution is -0.123. The number of aromatic nitrogens is 5. The Balaban J connectivity index is 1.37. The van der Waals surface area contributed by atoms with Crippen molar-refractivity contribution in [3.8, 4) is 16.8 Å². The largest absolute Gasteiger partial charge is 0.465 e. The first kappa shape index (κ1) is 28.8. The Morgan fingerprint density at radius 2 is 1.77 bits per heavy atom. The molecular formula is C32H24ClFN6O4. The molecule has 3 aromatic carbocycles. The van der Waals surface area contributed by atoms with Crippen LogP contribution in [0.4, 0.5) is 4.39 Å². The maximum atomic E-state index is 14.7. The lowest BCUT2D eigenvalue weighted by Gasteiger charge is -2.37. The van der Waals surface area contributed by atoms with Crippen molar-refractivity contribution in [2.75, 3.05) is 13.7 Å². The van der Waals surface area contributed by atoms with Crippen molar-refractivity contribution in [2.45, 2.75) is 18.9 Å². The van der Waals surface area contributed by atoms with Crippen LogP contribution in [0, 0.1) is 5.82 Å². The second-order valence-electron chi connectivity index (χ2n) is 10.1. The predicted octanol–water partition coefficient (Wildman–Crippen LogP) is 4.85. The van der Waals surface area contributed by atoms with Crippen LogP contribution in [-0.2, 0) is 22.4 Å². The zero-order valence-electron chi connectivity index (χ0n) is 23.4. The van der Waals surface area contributed by atoms with E-state index < -0.39 is 23.7 Å². The van der Waals surface area contributed by atoms with Gasteiger partial charge in [-0.25, -0.2) is 23.8 Å². The molecule has 6 rings (SSSR count). The average molecular weight is 611 g/mol. The number of carbonyl (C=O) groups is 3. The zero-order valence-corrected chi connectivity index (χ0v) is 24.1. The fourth-order valence-electron chi connectivity index (χ4n) is 5.41. The van der Waals surface area contributed by atoms with Gasteiger partial charge < -0.3 is 9.64 Å². The van der Waals surface area contributed by atoms with E-state index in [1.165, 1.54) is 36.7 Å². The molecule has 0 aliphatic carbocycles. The van der Waals surface area contributed by atoms with Crippen molar-refractivity contribution in [1.29, 1.82) is 0 Å². The first-order valence-corrected chi connectivity index (χ1v) is 14.0. The molecule has 0 spiro atoms. The number of halogens is 2. The van der Waals surface area contributed by atoms with Gasteiger partial charge in [0.2, 0.25) is 0 Å². The second kappa shape index (κ2) is 12.1. The summed E-state index contributed by atoms with van der Waals surface area (Å²) in [6.45, 7) is 0.215. The normalized spacial score (nSPS) is 14.2. The van der Waals surface area contributed by atoms with Gasteiger partial charge in [0.15, 0.2) is 17.3 Å². The summed E-state index contributed by atoms with van der Waals surface area (Å²) in [5.41, 5.74) is 4.25. The SMILES string of the molecule is COC(=O)c1ccc(CC(=O)[C@@H]2c3cccc(-c4cncnc4)c3CCN2C(=O)c2cn(-c3cccc(Cl)c3F)nn2)cc1. The number of hydrogen-bond donors (Lipinski definition) is 0. The van der Waals surface area contributed by atoms with Gasteiger partial charge >= 0.3 is 5.97 Å². The molecule has 1 atom stereocenters. The van der Waals surface area contributed by atoms with Crippen LogP contribution >= 0.6 is 11.6 Å². The van der Waals surface area contributed by atoms with E-state index in [9.17, 15) is 18.8 Å². The van der Waals surface area contributed by atoms with Crippen LogP contribution in [0.25, 0.3) is 16.8 Å². The maximum absolute atomic E-state index is 14.7. The molecule has 0 saturated heterocycles. The number of fused-ring (bicyclic) bond motifs is 1. The monoisotopic (exact) mass is 610 g/mol. The summed E-state index contributed by atoms with van der Waals surface area (Å²) >= 11 is 5.93. The van der Waals surface area contributed by atoms with E-state index in [0.717, 1.165) is 21.4 Å². The topological polar surface area (TPSA) is 120 Å². The third-order valence-electron chi connectivity index (χ3n) is 7.50. The molecule has 0 saturated carbocycles. The van der Waals surface area contributed by atoms with Crippen LogP contribution < -0.4 is 0 Å². The van der Waals surface area contributed by atoms with Crippen LogP contribution in [0.15, 0.2) is 85.6 Å². The van der Waals surface area contributed by atoms with E-state index in [1.54, 1.807) is 42.7 Å². The van der Waals surface area contributed by atoms with Crippen molar-refractivity contribution >= 4 is 29.3 Å². The van der Waals surface area contributed by atoms with Gasteiger partial charge in [-0.1, -0.05) is 53.2 Å². The minimum Gasteiger partial charge on any atom is -0.465 e. The number of ether oxygens (including phenoxy) is 1. The number of methoxy groups -OCH3 is 1. The number of esters is 1. The smallest absolute Gasteiger partial charge is 0.337 e. The standard InChI is InChI=1S/C32H24ClFN6O4/c1-44-32(43)20-10-8-19(9-11-20)14-28(41)30-24-5-2-4-22(21-15-35-18-36-16-21)23(24)12-13-39(30)31(42)26-17-40(38-37-26)27-7-3-6-25(33)29(27)34/h2-11,15-18,30H,12-14H2,1H3/t30-/m0/s1. The van der Waals surface area contributed by atoms with Gasteiger partial charge in [-0.15, -0.1) is 5.10 Å². The molecule has 2 aromatic heterocycles. The Labute approximate surface area is 256 Å². The quantitative estimate of drug-likeness (QED) is 0.240. The lowest BCUT2D eigenvalue weighted by Crippen LogP contribution is -2.44. The van der Waals surface area contributed by atoms with Crippen LogP contribution in [0.2, 0.25) is 5.02 Å². The molecule has 1 aliphatic rings. The van der Waals surface area contributed by atoms with Crippen LogP contribution in [0.1, 0.15) is 43.6 Å². The Bertz CT molecular complexity index is 1880. The molecule has 3 heterocycles. The van der Waals surface area contributed by atoms with Gasteiger partial charge in [-0.2, -0.15) is 0 Å². The molecule has 0 bridgehead atoms. The number of ketones is 1. The van der Waals surface area contributed by atoms with Gasteiger partial charge in [-0.05, 0) is 52.9 Å². The van der Waals surface area contributed by atoms with Crippen LogP contribution in [0.3, 0.4) is 0 Å². The summed E-state index contributed by atoms with van der Waals surface area (Å²) in [5.74, 6) is -1.95. The van der Waals surface area contributed by atoms with Crippen molar-refractivity contribution < 1.29 is 23.5 Å². The van der Waals surface area contributed by atoms with Gasteiger partial charge in [-0.3, -0.25) is 9.59 Å². The average Bonchev–Trinajstić information content (AvgIpc) is 3.55. The van der Waals surface area contributed by atoms with Crippen LogP contribution in [-0.4, -0.2) is 61.2 Å². The number of Topliss-reactive ketones (excluding diaryl/α,β-unsaturated/α-hetero) is 1. The molecule has 0 fully saturated rings. The number of carbonyl (C=O) groups excluding carboxylic acids is 3. The number of benzene rings is 3. The van der Waals surface area contributed by atoms with E-state index >= 15 is 0 Å². The Morgan fingerprint density at radius 1 is 1.02 bits per heavy atom. The highest BCUT2D eigenvalue weighted by molar-refractivity contribution is 6.30. The highest BCUT2D eigenvalue weighted by atomic mass is 35.5. The van der Waals surface area contributed by atoms with Gasteiger partial charge in [0.05, 0.1) is 23.9 Å². The molecule has 1 amide bonds. The Kier molecular flexibility index (Phi) is 7.95. The number of amides is 1. The van der Waals surface area contributed by atoms with E-state index in [4.69, 9.17) is 16.3 Å². The number of nitrogens with zero attached hydrogens (tertiary/aromatic N) is 6. The molecule has 220 valence electrons. The molecule has 0 N–H and O–H groups in total. The lowest BCUT2D eigenvalue weighted by atomic mass is 9.84. The minimum atomic E-state index is -0.954. The summed E-state index contributed by atoms with van der Waals surface area (Å²) in [6, 6.07) is 15.6. The number of hydrogen-bond acceptors (Lipinski definition) is 8. The van der Waals surface area contributed by atoms with Gasteiger partial charge in [0.1, 0.15) is 18.1 Å². The second-order valence-corrected chi connectivity index (χ2v) is 10.5. The first-order chi connectivity index (χ1) is 21.4.